The number of rotatable bonds is 10. The number of pyridine rings is 1. The summed E-state index contributed by atoms with van der Waals surface area (Å²) in [4.78, 5) is 35.0. The Morgan fingerprint density at radius 3 is 2.38 bits per heavy atom. The summed E-state index contributed by atoms with van der Waals surface area (Å²) >= 11 is 12.7. The average molecular weight is 563 g/mol. The van der Waals surface area contributed by atoms with Gasteiger partial charge in [0, 0.05) is 19.1 Å². The lowest BCUT2D eigenvalue weighted by molar-refractivity contribution is -0.156. The molecule has 0 amide bonds. The Hall–Kier alpha value is -2.36. The number of halogens is 5. The average Bonchev–Trinajstić information content (AvgIpc) is 3.29. The molecule has 2 aromatic rings. The monoisotopic (exact) mass is 562 g/mol. The highest BCUT2D eigenvalue weighted by Crippen LogP contribution is 2.27. The van der Waals surface area contributed by atoms with Crippen molar-refractivity contribution in [3.05, 3.63) is 67.6 Å². The van der Waals surface area contributed by atoms with Crippen molar-refractivity contribution in [2.45, 2.75) is 77.2 Å². The fourth-order valence-electron chi connectivity index (χ4n) is 4.34. The number of hydrogen-bond acceptors (Lipinski definition) is 4. The van der Waals surface area contributed by atoms with E-state index in [4.69, 9.17) is 33.1 Å². The molecule has 0 saturated carbocycles. The number of carboxylic acid groups (broad SMARTS) is 1. The molecule has 1 aromatic heterocycles. The first-order chi connectivity index (χ1) is 17.5. The van der Waals surface area contributed by atoms with Crippen molar-refractivity contribution >= 4 is 35.5 Å². The summed E-state index contributed by atoms with van der Waals surface area (Å²) in [6, 6.07) is 8.82. The number of aryl methyl sites for hydroxylation is 1. The third-order valence-corrected chi connectivity index (χ3v) is 6.85. The van der Waals surface area contributed by atoms with Crippen molar-refractivity contribution < 1.29 is 27.9 Å². The molecule has 37 heavy (non-hydrogen) atoms. The molecular weight excluding hydrogens is 532 g/mol. The summed E-state index contributed by atoms with van der Waals surface area (Å²) in [7, 11) is 0. The molecule has 204 valence electrons. The smallest absolute Gasteiger partial charge is 0.446 e. The zero-order valence-electron chi connectivity index (χ0n) is 20.6. The van der Waals surface area contributed by atoms with Crippen LogP contribution in [0.5, 0.6) is 0 Å². The Bertz CT molecular complexity index is 1100. The molecule has 11 heteroatoms. The van der Waals surface area contributed by atoms with Gasteiger partial charge < -0.3 is 9.67 Å². The van der Waals surface area contributed by atoms with Gasteiger partial charge in [-0.25, -0.2) is 4.79 Å². The van der Waals surface area contributed by atoms with E-state index in [2.05, 4.69) is 11.8 Å². The van der Waals surface area contributed by atoms with Gasteiger partial charge in [-0.15, -0.1) is 0 Å². The van der Waals surface area contributed by atoms with Crippen LogP contribution in [0.25, 0.3) is 0 Å². The summed E-state index contributed by atoms with van der Waals surface area (Å²) in [5, 5.41) is 9.70. The number of likely N-dealkylation sites (tertiary alicyclic amines) is 1. The number of carboxylic acids is 1. The molecule has 0 bridgehead atoms. The zero-order chi connectivity index (χ0) is 27.6. The number of nitrogens with zero attached hydrogens (tertiary/aromatic N) is 2. The van der Waals surface area contributed by atoms with E-state index in [9.17, 15) is 22.8 Å². The highest BCUT2D eigenvalue weighted by Gasteiger charge is 2.26. The van der Waals surface area contributed by atoms with Crippen LogP contribution < -0.4 is 5.56 Å². The fraction of sp³-hybridized carbons (Fsp3) is 0.500. The molecule has 2 heterocycles. The van der Waals surface area contributed by atoms with E-state index in [0.717, 1.165) is 17.8 Å². The molecule has 1 aliphatic rings. The molecule has 6 nitrogen and oxygen atoms in total. The molecule has 0 spiro atoms. The predicted molar refractivity (Wildman–Crippen MR) is 138 cm³/mol. The fourth-order valence-corrected chi connectivity index (χ4v) is 4.88. The Morgan fingerprint density at radius 1 is 1.16 bits per heavy atom. The number of alkyl halides is 3. The van der Waals surface area contributed by atoms with Crippen LogP contribution in [-0.2, 0) is 24.3 Å². The van der Waals surface area contributed by atoms with Crippen molar-refractivity contribution in [3.63, 3.8) is 0 Å². The molecule has 1 saturated heterocycles. The quantitative estimate of drug-likeness (QED) is 0.268. The lowest BCUT2D eigenvalue weighted by Crippen LogP contribution is -2.33. The molecule has 1 N–H and O–H groups in total. The van der Waals surface area contributed by atoms with Crippen molar-refractivity contribution in [3.8, 4) is 0 Å². The van der Waals surface area contributed by atoms with E-state index in [1.54, 1.807) is 34.9 Å². The Kier molecular flexibility index (Phi) is 12.1. The van der Waals surface area contributed by atoms with Crippen molar-refractivity contribution in [2.75, 3.05) is 6.54 Å². The van der Waals surface area contributed by atoms with Crippen LogP contribution in [0.2, 0.25) is 10.0 Å². The first-order valence-corrected chi connectivity index (χ1v) is 12.9. The van der Waals surface area contributed by atoms with Crippen molar-refractivity contribution in [1.82, 2.24) is 9.47 Å². The number of aldehydes is 1. The highest BCUT2D eigenvalue weighted by molar-refractivity contribution is 6.34. The van der Waals surface area contributed by atoms with Crippen LogP contribution in [0, 0.1) is 0 Å². The minimum absolute atomic E-state index is 0.121. The Balaban J connectivity index is 0.000000717. The number of hydrogen-bond donors (Lipinski definition) is 1. The van der Waals surface area contributed by atoms with E-state index in [0.29, 0.717) is 30.6 Å². The van der Waals surface area contributed by atoms with Crippen molar-refractivity contribution in [2.24, 2.45) is 0 Å². The summed E-state index contributed by atoms with van der Waals surface area (Å²) in [5.41, 5.74) is 1.78. The van der Waals surface area contributed by atoms with Gasteiger partial charge in [-0.05, 0) is 56.0 Å². The van der Waals surface area contributed by atoms with Crippen LogP contribution in [-0.4, -0.2) is 45.6 Å². The molecule has 1 aliphatic heterocycles. The summed E-state index contributed by atoms with van der Waals surface area (Å²) in [5.74, 6) is -0.953. The van der Waals surface area contributed by atoms with Crippen LogP contribution in [0.3, 0.4) is 0 Å². The topological polar surface area (TPSA) is 79.6 Å². The van der Waals surface area contributed by atoms with E-state index >= 15 is 0 Å². The van der Waals surface area contributed by atoms with Gasteiger partial charge in [0.25, 0.3) is 5.56 Å². The number of aromatic carboxylic acids is 1. The largest absolute Gasteiger partial charge is 0.478 e. The minimum atomic E-state index is -4.64. The summed E-state index contributed by atoms with van der Waals surface area (Å²) in [6.07, 6.45) is 2.11. The van der Waals surface area contributed by atoms with Crippen molar-refractivity contribution in [1.29, 1.82) is 0 Å². The van der Waals surface area contributed by atoms with Crippen LogP contribution >= 0.6 is 23.2 Å². The van der Waals surface area contributed by atoms with Crippen LogP contribution in [0.4, 0.5) is 13.2 Å². The second-order valence-electron chi connectivity index (χ2n) is 8.92. The number of benzene rings is 1. The first kappa shape index (κ1) is 30.9. The second kappa shape index (κ2) is 14.5. The van der Waals surface area contributed by atoms with Gasteiger partial charge in [-0.2, -0.15) is 13.2 Å². The summed E-state index contributed by atoms with van der Waals surface area (Å²) < 4.78 is 32.9. The lowest BCUT2D eigenvalue weighted by atomic mass is 10.1. The number of carbonyl (C=O) groups is 2. The lowest BCUT2D eigenvalue weighted by Gasteiger charge is -2.26. The molecule has 1 fully saturated rings. The standard InChI is InChI=1S/C24H30Cl2N2O3.C2HF3O/c1-2-3-4-6-19-7-5-13-27(19)16-22-20(25)15-21(26)23(29)28(22)14-12-17-8-10-18(11-9-17)24(30)31;3-2(4,5)1-6/h8-11,15,19H,2-7,12-14,16H2,1H3,(H,30,31);1H/t19-;/m0./s1. The van der Waals surface area contributed by atoms with E-state index in [1.165, 1.54) is 38.5 Å². The van der Waals surface area contributed by atoms with E-state index in [-0.39, 0.29) is 16.1 Å². The third-order valence-electron chi connectivity index (χ3n) is 6.26. The van der Waals surface area contributed by atoms with E-state index in [1.807, 2.05) is 0 Å². The normalized spacial score (nSPS) is 15.8. The van der Waals surface area contributed by atoms with Gasteiger partial charge >= 0.3 is 12.1 Å². The molecule has 0 aliphatic carbocycles. The maximum Gasteiger partial charge on any atom is 0.446 e. The molecule has 0 radical (unpaired) electrons. The zero-order valence-corrected chi connectivity index (χ0v) is 22.1. The predicted octanol–water partition coefficient (Wildman–Crippen LogP) is 6.39. The molecular formula is C26H31Cl2F3N2O4. The first-order valence-electron chi connectivity index (χ1n) is 12.1. The van der Waals surface area contributed by atoms with Gasteiger partial charge in [0.2, 0.25) is 6.29 Å². The van der Waals surface area contributed by atoms with Gasteiger partial charge in [-0.3, -0.25) is 14.5 Å². The van der Waals surface area contributed by atoms with Gasteiger partial charge in [0.1, 0.15) is 5.02 Å². The highest BCUT2D eigenvalue weighted by atomic mass is 35.5. The van der Waals surface area contributed by atoms with E-state index < -0.39 is 18.4 Å². The molecule has 0 unspecified atom stereocenters. The Morgan fingerprint density at radius 2 is 1.81 bits per heavy atom. The minimum Gasteiger partial charge on any atom is -0.478 e. The van der Waals surface area contributed by atoms with Crippen LogP contribution in [0.15, 0.2) is 35.1 Å². The van der Waals surface area contributed by atoms with Gasteiger partial charge in [0.15, 0.2) is 0 Å². The summed E-state index contributed by atoms with van der Waals surface area (Å²) in [6.45, 7) is 4.31. The number of aromatic nitrogens is 1. The Labute approximate surface area is 224 Å². The second-order valence-corrected chi connectivity index (χ2v) is 9.73. The molecule has 1 aromatic carbocycles. The third kappa shape index (κ3) is 9.79. The van der Waals surface area contributed by atoms with Gasteiger partial charge in [-0.1, -0.05) is 61.5 Å². The number of unbranched alkanes of at least 4 members (excludes halogenated alkanes) is 2. The van der Waals surface area contributed by atoms with Crippen LogP contribution in [0.1, 0.15) is 67.1 Å². The maximum absolute atomic E-state index is 12.8. The molecule has 3 rings (SSSR count). The molecule has 1 atom stereocenters. The maximum atomic E-state index is 12.8. The van der Waals surface area contributed by atoms with Gasteiger partial charge in [0.05, 0.1) is 16.3 Å². The SMILES string of the molecule is CCCCC[C@H]1CCCN1Cc1c(Cl)cc(Cl)c(=O)n1CCc1ccc(C(=O)O)cc1.O=CC(F)(F)F. The number of carbonyl (C=O) groups excluding carboxylic acids is 1.